The molecule has 66 heavy (non-hydrogen) atoms. The summed E-state index contributed by atoms with van der Waals surface area (Å²) in [4.78, 5) is 13.2. The largest absolute Gasteiger partial charge is 0.394 e. The number of hydrogen-bond acceptors (Lipinski definition) is 10. The van der Waals surface area contributed by atoms with E-state index in [9.17, 15) is 40.5 Å². The zero-order valence-electron chi connectivity index (χ0n) is 43.0. The normalized spacial score (nSPS) is 20.7. The van der Waals surface area contributed by atoms with Crippen molar-refractivity contribution in [2.45, 2.75) is 332 Å². The summed E-state index contributed by atoms with van der Waals surface area (Å²) in [7, 11) is 0. The summed E-state index contributed by atoms with van der Waals surface area (Å²) < 4.78 is 11.1. The lowest BCUT2D eigenvalue weighted by molar-refractivity contribution is -0.303. The minimum absolute atomic E-state index is 0.267. The zero-order chi connectivity index (χ0) is 48.3. The van der Waals surface area contributed by atoms with E-state index in [-0.39, 0.29) is 6.42 Å². The van der Waals surface area contributed by atoms with Crippen molar-refractivity contribution < 1.29 is 50.0 Å². The third-order valence-electron chi connectivity index (χ3n) is 14.2. The van der Waals surface area contributed by atoms with Crippen LogP contribution in [0.15, 0.2) is 0 Å². The zero-order valence-corrected chi connectivity index (χ0v) is 43.0. The van der Waals surface area contributed by atoms with Gasteiger partial charge in [0.2, 0.25) is 5.91 Å². The van der Waals surface area contributed by atoms with E-state index < -0.39 is 74.2 Å². The van der Waals surface area contributed by atoms with E-state index in [0.29, 0.717) is 19.3 Å². The number of unbranched alkanes of at least 4 members (excludes halogenated alkanes) is 37. The van der Waals surface area contributed by atoms with E-state index in [2.05, 4.69) is 19.2 Å². The maximum absolute atomic E-state index is 13.2. The first kappa shape index (κ1) is 63.1. The molecule has 0 saturated carbocycles. The number of aliphatic hydroxyl groups is 7. The van der Waals surface area contributed by atoms with E-state index in [4.69, 9.17) is 9.47 Å². The third kappa shape index (κ3) is 33.6. The molecule has 1 heterocycles. The van der Waals surface area contributed by atoms with Gasteiger partial charge in [-0.3, -0.25) is 4.79 Å². The van der Waals surface area contributed by atoms with Crippen LogP contribution in [0.1, 0.15) is 277 Å². The highest BCUT2D eigenvalue weighted by Gasteiger charge is 2.44. The van der Waals surface area contributed by atoms with Gasteiger partial charge in [0, 0.05) is 0 Å². The maximum Gasteiger partial charge on any atom is 0.249 e. The summed E-state index contributed by atoms with van der Waals surface area (Å²) in [6.45, 7) is 3.49. The van der Waals surface area contributed by atoms with Crippen LogP contribution in [0.5, 0.6) is 0 Å². The molecule has 9 unspecified atom stereocenters. The Morgan fingerprint density at radius 2 is 0.788 bits per heavy atom. The molecule has 0 aromatic rings. The van der Waals surface area contributed by atoms with Crippen LogP contribution in [-0.2, 0) is 14.3 Å². The summed E-state index contributed by atoms with van der Waals surface area (Å²) in [5.41, 5.74) is 0. The van der Waals surface area contributed by atoms with Crippen molar-refractivity contribution in [2.75, 3.05) is 13.2 Å². The molecule has 0 radical (unpaired) electrons. The molecule has 9 atom stereocenters. The Balaban J connectivity index is 2.31. The van der Waals surface area contributed by atoms with Crippen LogP contribution in [0.25, 0.3) is 0 Å². The van der Waals surface area contributed by atoms with Gasteiger partial charge in [-0.1, -0.05) is 264 Å². The topological polar surface area (TPSA) is 189 Å². The SMILES string of the molecule is CCCCCCCCCCCCCCCCCCCCCCCCC(O)C(=O)NC(COC1OC(CO)C(O)C(O)C1O)C(O)C(O)CCCCCCCCCCCCCCCCCCC. The Morgan fingerprint density at radius 3 is 1.12 bits per heavy atom. The summed E-state index contributed by atoms with van der Waals surface area (Å²) >= 11 is 0. The number of nitrogens with one attached hydrogen (secondary N) is 1. The van der Waals surface area contributed by atoms with Crippen molar-refractivity contribution in [1.29, 1.82) is 0 Å². The molecule has 1 saturated heterocycles. The molecule has 1 fully saturated rings. The van der Waals surface area contributed by atoms with Gasteiger partial charge in [0.15, 0.2) is 6.29 Å². The Bertz CT molecular complexity index is 1040. The number of rotatable bonds is 49. The van der Waals surface area contributed by atoms with Crippen molar-refractivity contribution in [3.63, 3.8) is 0 Å². The second-order valence-electron chi connectivity index (χ2n) is 20.4. The molecule has 11 nitrogen and oxygen atoms in total. The van der Waals surface area contributed by atoms with Crippen LogP contribution in [0.2, 0.25) is 0 Å². The second kappa shape index (κ2) is 45.3. The lowest BCUT2D eigenvalue weighted by atomic mass is 9.98. The Labute approximate surface area is 405 Å². The van der Waals surface area contributed by atoms with Crippen LogP contribution >= 0.6 is 0 Å². The van der Waals surface area contributed by atoms with Crippen LogP contribution < -0.4 is 5.32 Å². The Morgan fingerprint density at radius 1 is 0.470 bits per heavy atom. The molecule has 0 spiro atoms. The summed E-state index contributed by atoms with van der Waals surface area (Å²) in [5.74, 6) is -0.690. The van der Waals surface area contributed by atoms with Gasteiger partial charge in [-0.05, 0) is 12.8 Å². The van der Waals surface area contributed by atoms with Crippen LogP contribution in [0, 0.1) is 0 Å². The third-order valence-corrected chi connectivity index (χ3v) is 14.2. The summed E-state index contributed by atoms with van der Waals surface area (Å²) in [6.07, 6.45) is 38.6. The molecular weight excluding hydrogens is 835 g/mol. The monoisotopic (exact) mass is 944 g/mol. The first-order valence-corrected chi connectivity index (χ1v) is 28.4. The molecular formula is C55H109NO10. The predicted molar refractivity (Wildman–Crippen MR) is 270 cm³/mol. The number of hydrogen-bond donors (Lipinski definition) is 8. The molecule has 0 aliphatic carbocycles. The Kier molecular flexibility index (Phi) is 43.3. The Hall–Kier alpha value is -0.890. The predicted octanol–water partition coefficient (Wildman–Crippen LogP) is 11.4. The van der Waals surface area contributed by atoms with Gasteiger partial charge >= 0.3 is 0 Å². The lowest BCUT2D eigenvalue weighted by Gasteiger charge is -2.40. The summed E-state index contributed by atoms with van der Waals surface area (Å²) in [6, 6.07) is -1.16. The van der Waals surface area contributed by atoms with Gasteiger partial charge in [0.25, 0.3) is 0 Å². The van der Waals surface area contributed by atoms with Crippen LogP contribution in [0.3, 0.4) is 0 Å². The average molecular weight is 944 g/mol. The molecule has 0 bridgehead atoms. The number of amides is 1. The number of carbonyl (C=O) groups excluding carboxylic acids is 1. The van der Waals surface area contributed by atoms with Gasteiger partial charge in [0.05, 0.1) is 25.4 Å². The maximum atomic E-state index is 13.2. The fourth-order valence-electron chi connectivity index (χ4n) is 9.50. The highest BCUT2D eigenvalue weighted by Crippen LogP contribution is 2.24. The van der Waals surface area contributed by atoms with Gasteiger partial charge in [-0.2, -0.15) is 0 Å². The van der Waals surface area contributed by atoms with Crippen molar-refractivity contribution in [3.05, 3.63) is 0 Å². The molecule has 0 aromatic heterocycles. The highest BCUT2D eigenvalue weighted by molar-refractivity contribution is 5.80. The van der Waals surface area contributed by atoms with Crippen molar-refractivity contribution >= 4 is 5.91 Å². The van der Waals surface area contributed by atoms with Crippen LogP contribution in [-0.4, -0.2) is 110 Å². The molecule has 11 heteroatoms. The minimum Gasteiger partial charge on any atom is -0.394 e. The molecule has 1 aliphatic rings. The first-order valence-electron chi connectivity index (χ1n) is 28.4. The van der Waals surface area contributed by atoms with Crippen molar-refractivity contribution in [3.8, 4) is 0 Å². The summed E-state index contributed by atoms with van der Waals surface area (Å²) in [5, 5.41) is 76.1. The molecule has 8 N–H and O–H groups in total. The molecule has 0 aromatic carbocycles. The standard InChI is InChI=1S/C55H109NO10/c1-3-5-7-9-11-13-15-17-19-21-22-23-24-25-27-29-31-33-35-37-39-41-43-48(59)54(64)56-46(45-65-55-53(63)52(62)51(61)49(44-57)66-55)50(60)47(58)42-40-38-36-34-32-30-28-26-20-18-16-14-12-10-8-6-4-2/h46-53,55,57-63H,3-45H2,1-2H3,(H,56,64). The van der Waals surface area contributed by atoms with Gasteiger partial charge < -0.3 is 50.5 Å². The molecule has 394 valence electrons. The van der Waals surface area contributed by atoms with Crippen LogP contribution in [0.4, 0.5) is 0 Å². The number of aliphatic hydroxyl groups excluding tert-OH is 7. The van der Waals surface area contributed by atoms with Gasteiger partial charge in [-0.25, -0.2) is 0 Å². The first-order chi connectivity index (χ1) is 32.2. The van der Waals surface area contributed by atoms with Crippen molar-refractivity contribution in [1.82, 2.24) is 5.32 Å². The van der Waals surface area contributed by atoms with Gasteiger partial charge in [-0.15, -0.1) is 0 Å². The quantitative estimate of drug-likeness (QED) is 0.0273. The van der Waals surface area contributed by atoms with E-state index >= 15 is 0 Å². The van der Waals surface area contributed by atoms with Crippen molar-refractivity contribution in [2.24, 2.45) is 0 Å². The average Bonchev–Trinajstić information content (AvgIpc) is 3.32. The second-order valence-corrected chi connectivity index (χ2v) is 20.4. The van der Waals surface area contributed by atoms with E-state index in [1.807, 2.05) is 0 Å². The molecule has 1 amide bonds. The smallest absolute Gasteiger partial charge is 0.249 e. The fraction of sp³-hybridized carbons (Fsp3) is 0.982. The number of ether oxygens (including phenoxy) is 2. The molecule has 1 aliphatic heterocycles. The highest BCUT2D eigenvalue weighted by atomic mass is 16.7. The minimum atomic E-state index is -1.66. The van der Waals surface area contributed by atoms with E-state index in [0.717, 1.165) is 38.5 Å². The van der Waals surface area contributed by atoms with Gasteiger partial charge in [0.1, 0.15) is 36.6 Å². The van der Waals surface area contributed by atoms with E-state index in [1.54, 1.807) is 0 Å². The lowest BCUT2D eigenvalue weighted by Crippen LogP contribution is -2.60. The molecule has 1 rings (SSSR count). The van der Waals surface area contributed by atoms with E-state index in [1.165, 1.54) is 199 Å². The fourth-order valence-corrected chi connectivity index (χ4v) is 9.50. The number of carbonyl (C=O) groups is 1.